The van der Waals surface area contributed by atoms with Crippen molar-refractivity contribution in [2.45, 2.75) is 60.7 Å². The Bertz CT molecular complexity index is 4950. The first-order valence-electron chi connectivity index (χ1n) is 28.0. The molecule has 12 aromatic rings. The van der Waals surface area contributed by atoms with E-state index in [1.807, 2.05) is 121 Å². The number of imidazole rings is 3. The number of halogens is 5. The van der Waals surface area contributed by atoms with E-state index in [2.05, 4.69) is 29.9 Å². The van der Waals surface area contributed by atoms with Crippen molar-refractivity contribution in [3.05, 3.63) is 250 Å². The number of ketones is 1. The Hall–Kier alpha value is -8.96. The molecule has 6 N–H and O–H groups in total. The summed E-state index contributed by atoms with van der Waals surface area (Å²) in [5, 5.41) is 6.75. The molecule has 0 amide bonds. The van der Waals surface area contributed by atoms with E-state index in [1.54, 1.807) is 72.3 Å². The molecule has 0 saturated heterocycles. The van der Waals surface area contributed by atoms with E-state index in [4.69, 9.17) is 28.3 Å². The van der Waals surface area contributed by atoms with Gasteiger partial charge in [0.1, 0.15) is 17.5 Å². The second-order valence-electron chi connectivity index (χ2n) is 21.2. The summed E-state index contributed by atoms with van der Waals surface area (Å²) in [4.78, 5) is 36.1. The number of H-pyrrole nitrogens is 3. The molecule has 0 spiro atoms. The summed E-state index contributed by atoms with van der Waals surface area (Å²) in [6, 6.07) is 59.3. The number of sulfonamides is 2. The number of benzene rings is 9. The SMILES string of the molecule is CC(=O)c1ccccc1-c1ccc2nc(CCc3ccc(S(C)(=O)=O)cc3)[nH]c2c1.NS(=O)(=O)c1ccccc1-c1ccc2nc(CCc3ccc(Cl)cc3)[nH]c2c1.O=S(=O)(Nc1ccccc1-c1ccc2nc(CCc3ccc(Cl)cc3)[nH]c2c1)C(F)(F)F. The van der Waals surface area contributed by atoms with E-state index in [9.17, 15) is 43.2 Å². The fourth-order valence-corrected chi connectivity index (χ4v) is 12.3. The molecule has 0 atom stereocenters. The van der Waals surface area contributed by atoms with Gasteiger partial charge in [-0.05, 0) is 150 Å². The van der Waals surface area contributed by atoms with Crippen molar-refractivity contribution in [1.82, 2.24) is 29.9 Å². The smallest absolute Gasteiger partial charge is 0.342 e. The topological polar surface area (TPSA) is 244 Å². The molecular formula is C67H57Cl2F3N8O7S3. The van der Waals surface area contributed by atoms with Crippen LogP contribution in [0.5, 0.6) is 0 Å². The molecule has 0 bridgehead atoms. The maximum atomic E-state index is 12.8. The molecule has 3 aromatic heterocycles. The van der Waals surface area contributed by atoms with Crippen molar-refractivity contribution in [3.63, 3.8) is 0 Å². The molecular weight excluding hydrogens is 1250 g/mol. The number of sulfone groups is 1. The van der Waals surface area contributed by atoms with E-state index in [-0.39, 0.29) is 16.4 Å². The molecule has 0 aliphatic carbocycles. The zero-order valence-corrected chi connectivity index (χ0v) is 52.1. The van der Waals surface area contributed by atoms with Crippen LogP contribution in [0.1, 0.15) is 51.4 Å². The van der Waals surface area contributed by atoms with Crippen molar-refractivity contribution in [2.24, 2.45) is 5.14 Å². The maximum Gasteiger partial charge on any atom is 0.516 e. The summed E-state index contributed by atoms with van der Waals surface area (Å²) in [7, 11) is -12.5. The molecule has 23 heteroatoms. The Balaban J connectivity index is 0.000000149. The number of nitrogens with one attached hydrogen (secondary N) is 4. The largest absolute Gasteiger partial charge is 0.516 e. The molecule has 460 valence electrons. The van der Waals surface area contributed by atoms with E-state index < -0.39 is 35.4 Å². The minimum Gasteiger partial charge on any atom is -0.342 e. The van der Waals surface area contributed by atoms with Gasteiger partial charge in [0.15, 0.2) is 15.6 Å². The molecule has 0 aliphatic rings. The van der Waals surface area contributed by atoms with Gasteiger partial charge in [0, 0.05) is 52.3 Å². The molecule has 0 fully saturated rings. The lowest BCUT2D eigenvalue weighted by molar-refractivity contribution is -0.0429. The highest BCUT2D eigenvalue weighted by Crippen LogP contribution is 2.35. The molecule has 12 rings (SSSR count). The maximum absolute atomic E-state index is 12.8. The number of nitrogens with zero attached hydrogens (tertiary/aromatic N) is 3. The average molecular weight is 1310 g/mol. The zero-order chi connectivity index (χ0) is 64.0. The van der Waals surface area contributed by atoms with Crippen LogP contribution in [-0.2, 0) is 68.4 Å². The van der Waals surface area contributed by atoms with Crippen LogP contribution in [0, 0.1) is 0 Å². The number of alkyl halides is 3. The number of hydrogen-bond acceptors (Lipinski definition) is 10. The van der Waals surface area contributed by atoms with Gasteiger partial charge in [0.05, 0.1) is 48.6 Å². The van der Waals surface area contributed by atoms with Gasteiger partial charge in [-0.3, -0.25) is 9.52 Å². The summed E-state index contributed by atoms with van der Waals surface area (Å²) < 4.78 is 110. The van der Waals surface area contributed by atoms with Gasteiger partial charge in [-0.2, -0.15) is 21.6 Å². The monoisotopic (exact) mass is 1310 g/mol. The van der Waals surface area contributed by atoms with Crippen molar-refractivity contribution >= 4 is 97.7 Å². The minimum absolute atomic E-state index is 0.0397. The van der Waals surface area contributed by atoms with Gasteiger partial charge >= 0.3 is 15.5 Å². The van der Waals surface area contributed by atoms with Gasteiger partial charge in [0.2, 0.25) is 10.0 Å². The summed E-state index contributed by atoms with van der Waals surface area (Å²) in [6.45, 7) is 1.58. The molecule has 0 unspecified atom stereocenters. The Morgan fingerprint density at radius 3 is 1.29 bits per heavy atom. The predicted octanol–water partition coefficient (Wildman–Crippen LogP) is 14.9. The quantitative estimate of drug-likeness (QED) is 0.0540. The van der Waals surface area contributed by atoms with Crippen LogP contribution in [0.25, 0.3) is 66.5 Å². The number of carbonyl (C=O) groups excluding carboxylic acids is 1. The number of rotatable bonds is 17. The third-order valence-corrected chi connectivity index (χ3v) is 18.3. The first-order valence-corrected chi connectivity index (χ1v) is 33.7. The molecule has 3 heterocycles. The fourth-order valence-electron chi connectivity index (χ4n) is 10.1. The van der Waals surface area contributed by atoms with E-state index >= 15 is 0 Å². The van der Waals surface area contributed by atoms with Crippen molar-refractivity contribution in [1.29, 1.82) is 0 Å². The Morgan fingerprint density at radius 2 is 0.867 bits per heavy atom. The van der Waals surface area contributed by atoms with Gasteiger partial charge in [-0.1, -0.05) is 138 Å². The van der Waals surface area contributed by atoms with Crippen molar-refractivity contribution in [2.75, 3.05) is 11.0 Å². The van der Waals surface area contributed by atoms with Crippen LogP contribution in [0.2, 0.25) is 10.0 Å². The van der Waals surface area contributed by atoms with Crippen LogP contribution < -0.4 is 9.86 Å². The van der Waals surface area contributed by atoms with Crippen LogP contribution in [0.4, 0.5) is 18.9 Å². The Morgan fingerprint density at radius 1 is 0.489 bits per heavy atom. The minimum atomic E-state index is -5.53. The lowest BCUT2D eigenvalue weighted by Gasteiger charge is -2.14. The average Bonchev–Trinajstić information content (AvgIpc) is 1.70. The summed E-state index contributed by atoms with van der Waals surface area (Å²) in [5.74, 6) is 2.55. The highest BCUT2D eigenvalue weighted by atomic mass is 35.5. The van der Waals surface area contributed by atoms with Gasteiger partial charge in [-0.15, -0.1) is 0 Å². The first-order chi connectivity index (χ1) is 42.8. The highest BCUT2D eigenvalue weighted by Gasteiger charge is 2.46. The fraction of sp³-hybridized carbons (Fsp3) is 0.134. The van der Waals surface area contributed by atoms with Crippen molar-refractivity contribution in [3.8, 4) is 33.4 Å². The number of aromatic nitrogens is 6. The number of aryl methyl sites for hydroxylation is 6. The van der Waals surface area contributed by atoms with Gasteiger partial charge < -0.3 is 15.0 Å². The van der Waals surface area contributed by atoms with Gasteiger partial charge in [-0.25, -0.2) is 36.9 Å². The van der Waals surface area contributed by atoms with Crippen LogP contribution in [-0.4, -0.2) is 72.7 Å². The molecule has 90 heavy (non-hydrogen) atoms. The van der Waals surface area contributed by atoms with Crippen LogP contribution >= 0.6 is 23.2 Å². The third kappa shape index (κ3) is 15.9. The molecule has 0 saturated carbocycles. The zero-order valence-electron chi connectivity index (χ0n) is 48.2. The number of primary sulfonamides is 1. The number of fused-ring (bicyclic) bond motifs is 3. The van der Waals surface area contributed by atoms with Crippen LogP contribution in [0.15, 0.2) is 210 Å². The molecule has 9 aromatic carbocycles. The molecule has 15 nitrogen and oxygen atoms in total. The number of nitrogens with two attached hydrogens (primary N) is 1. The number of Topliss-reactive ketones (excluding diaryl/α,β-unsaturated/α-hetero) is 1. The van der Waals surface area contributed by atoms with Crippen molar-refractivity contribution < 1.29 is 43.2 Å². The normalized spacial score (nSPS) is 11.9. The highest BCUT2D eigenvalue weighted by molar-refractivity contribution is 7.93. The van der Waals surface area contributed by atoms with E-state index in [0.717, 1.165) is 98.1 Å². The van der Waals surface area contributed by atoms with E-state index in [0.29, 0.717) is 56.0 Å². The lowest BCUT2D eigenvalue weighted by Crippen LogP contribution is -2.30. The third-order valence-electron chi connectivity index (χ3n) is 14.6. The first kappa shape index (κ1) is 64.0. The Labute approximate surface area is 527 Å². The summed E-state index contributed by atoms with van der Waals surface area (Å²) in [5.41, 5.74) is 7.47. The summed E-state index contributed by atoms with van der Waals surface area (Å²) in [6.07, 6.45) is 5.70. The standard InChI is InChI=1S/C24H22N2O3S.C22H17ClF3N3O2S.C21H18ClN3O2S/c1-16(27)20-5-3-4-6-21(20)18-10-13-22-23(15-18)26-24(25-22)14-9-17-7-11-19(12-8-17)30(2,28)29;23-16-9-5-14(6-10-16)7-12-21-27-19-11-8-15(13-20(19)28-21)17-3-1-2-4-18(17)29-32(30,31)22(24,25)26;22-16-9-5-14(6-10-16)7-12-21-24-18-11-8-15(13-19(18)25-21)17-3-1-2-4-20(17)28(23,26)27/h3-8,10-13,15H,9,14H2,1-2H3,(H,25,26);1-6,8-11,13,29H,7,12H2,(H,27,28);1-6,8-11,13H,7,12H2,(H,24,25)(H2,23,26,27). The van der Waals surface area contributed by atoms with Crippen LogP contribution in [0.3, 0.4) is 0 Å². The number of carbonyl (C=O) groups is 1. The number of para-hydroxylation sites is 1. The number of aromatic amines is 3. The molecule has 0 radical (unpaired) electrons. The second-order valence-corrected chi connectivity index (χ2v) is 27.2. The molecule has 0 aliphatic heterocycles. The predicted molar refractivity (Wildman–Crippen MR) is 349 cm³/mol. The lowest BCUT2D eigenvalue weighted by atomic mass is 9.97. The number of hydrogen-bond donors (Lipinski definition) is 5. The second kappa shape index (κ2) is 27.0. The van der Waals surface area contributed by atoms with E-state index in [1.165, 1.54) is 30.0 Å². The summed E-state index contributed by atoms with van der Waals surface area (Å²) >= 11 is 11.8. The Kier molecular flexibility index (Phi) is 19.2. The number of anilines is 1. The van der Waals surface area contributed by atoms with Gasteiger partial charge in [0.25, 0.3) is 0 Å².